The van der Waals surface area contributed by atoms with Gasteiger partial charge in [0.1, 0.15) is 5.76 Å². The molecule has 1 heterocycles. The fraction of sp³-hybridized carbons (Fsp3) is 0.105. The Kier molecular flexibility index (Phi) is 4.49. The summed E-state index contributed by atoms with van der Waals surface area (Å²) in [6, 6.07) is 18.8. The lowest BCUT2D eigenvalue weighted by Gasteiger charge is -2.05. The van der Waals surface area contributed by atoms with Crippen molar-refractivity contribution in [3.8, 4) is 0 Å². The number of para-hydroxylation sites is 1. The summed E-state index contributed by atoms with van der Waals surface area (Å²) in [5, 5.41) is 3.24. The molecule has 0 fully saturated rings. The number of anilines is 1. The summed E-state index contributed by atoms with van der Waals surface area (Å²) in [6.45, 7) is 2.05. The van der Waals surface area contributed by atoms with Crippen molar-refractivity contribution < 1.29 is 9.21 Å². The number of benzene rings is 2. The van der Waals surface area contributed by atoms with Gasteiger partial charge in [-0.1, -0.05) is 53.6 Å². The molecule has 0 radical (unpaired) electrons. The normalized spacial score (nSPS) is 10.5. The van der Waals surface area contributed by atoms with Gasteiger partial charge in [-0.25, -0.2) is 0 Å². The smallest absolute Gasteiger partial charge is 0.291 e. The molecule has 0 aliphatic carbocycles. The van der Waals surface area contributed by atoms with Gasteiger partial charge in [-0.3, -0.25) is 4.79 Å². The third-order valence-electron chi connectivity index (χ3n) is 3.51. The topological polar surface area (TPSA) is 42.2 Å². The van der Waals surface area contributed by atoms with E-state index in [1.54, 1.807) is 18.2 Å². The molecule has 0 unspecified atom stereocenters. The maximum absolute atomic E-state index is 12.2. The predicted molar refractivity (Wildman–Crippen MR) is 92.1 cm³/mol. The van der Waals surface area contributed by atoms with Crippen molar-refractivity contribution in [3.05, 3.63) is 88.3 Å². The summed E-state index contributed by atoms with van der Waals surface area (Å²) in [5.74, 6) is 0.707. The van der Waals surface area contributed by atoms with Gasteiger partial charge in [-0.15, -0.1) is 0 Å². The van der Waals surface area contributed by atoms with E-state index in [9.17, 15) is 4.79 Å². The molecule has 0 aliphatic rings. The van der Waals surface area contributed by atoms with Gasteiger partial charge < -0.3 is 9.73 Å². The fourth-order valence-electron chi connectivity index (χ4n) is 2.25. The van der Waals surface area contributed by atoms with E-state index in [2.05, 4.69) is 29.6 Å². The van der Waals surface area contributed by atoms with E-state index in [1.165, 1.54) is 5.56 Å². The summed E-state index contributed by atoms with van der Waals surface area (Å²) in [4.78, 5) is 12.2. The van der Waals surface area contributed by atoms with Crippen LogP contribution in [0.25, 0.3) is 0 Å². The summed E-state index contributed by atoms with van der Waals surface area (Å²) >= 11 is 6.04. The first kappa shape index (κ1) is 15.4. The molecular formula is C19H16ClNO2. The van der Waals surface area contributed by atoms with E-state index in [1.807, 2.05) is 25.1 Å². The molecule has 23 heavy (non-hydrogen) atoms. The zero-order chi connectivity index (χ0) is 16.2. The molecule has 0 atom stereocenters. The number of hydrogen-bond donors (Lipinski definition) is 1. The minimum absolute atomic E-state index is 0.270. The van der Waals surface area contributed by atoms with Crippen LogP contribution in [0, 0.1) is 6.92 Å². The molecule has 2 aromatic carbocycles. The summed E-state index contributed by atoms with van der Waals surface area (Å²) in [5.41, 5.74) is 2.92. The van der Waals surface area contributed by atoms with Crippen molar-refractivity contribution in [2.24, 2.45) is 0 Å². The Hall–Kier alpha value is -2.52. The van der Waals surface area contributed by atoms with Crippen LogP contribution in [0.2, 0.25) is 5.02 Å². The first-order valence-electron chi connectivity index (χ1n) is 7.32. The number of carbonyl (C=O) groups excluding carboxylic acids is 1. The lowest BCUT2D eigenvalue weighted by molar-refractivity contribution is 0.0995. The van der Waals surface area contributed by atoms with Gasteiger partial charge in [0.25, 0.3) is 5.91 Å². The van der Waals surface area contributed by atoms with Crippen LogP contribution in [0.1, 0.15) is 27.4 Å². The zero-order valence-electron chi connectivity index (χ0n) is 12.7. The highest BCUT2D eigenvalue weighted by molar-refractivity contribution is 6.33. The Morgan fingerprint density at radius 2 is 1.78 bits per heavy atom. The molecule has 0 aliphatic heterocycles. The number of nitrogens with one attached hydrogen (secondary N) is 1. The molecule has 4 heteroatoms. The molecule has 1 N–H and O–H groups in total. The van der Waals surface area contributed by atoms with Gasteiger partial charge >= 0.3 is 0 Å². The number of hydrogen-bond acceptors (Lipinski definition) is 2. The van der Waals surface area contributed by atoms with Crippen molar-refractivity contribution in [2.75, 3.05) is 5.32 Å². The maximum Gasteiger partial charge on any atom is 0.291 e. The summed E-state index contributed by atoms with van der Waals surface area (Å²) < 4.78 is 5.64. The third kappa shape index (κ3) is 3.82. The number of amides is 1. The second-order valence-corrected chi connectivity index (χ2v) is 5.77. The average molecular weight is 326 g/mol. The molecule has 1 amide bonds. The van der Waals surface area contributed by atoms with Gasteiger partial charge in [0.2, 0.25) is 0 Å². The van der Waals surface area contributed by atoms with E-state index in [-0.39, 0.29) is 11.7 Å². The van der Waals surface area contributed by atoms with Crippen molar-refractivity contribution >= 4 is 23.2 Å². The molecule has 0 bridgehead atoms. The van der Waals surface area contributed by atoms with E-state index >= 15 is 0 Å². The van der Waals surface area contributed by atoms with Crippen LogP contribution in [-0.2, 0) is 6.42 Å². The van der Waals surface area contributed by atoms with E-state index < -0.39 is 0 Å². The molecule has 3 nitrogen and oxygen atoms in total. The van der Waals surface area contributed by atoms with Crippen LogP contribution in [0.15, 0.2) is 65.1 Å². The van der Waals surface area contributed by atoms with Crippen LogP contribution in [-0.4, -0.2) is 5.91 Å². The Labute approximate surface area is 139 Å². The highest BCUT2D eigenvalue weighted by atomic mass is 35.5. The predicted octanol–water partition coefficient (Wildman–Crippen LogP) is 5.08. The van der Waals surface area contributed by atoms with Crippen molar-refractivity contribution in [2.45, 2.75) is 13.3 Å². The molecule has 0 spiro atoms. The summed E-state index contributed by atoms with van der Waals surface area (Å²) in [7, 11) is 0. The van der Waals surface area contributed by atoms with Gasteiger partial charge in [0, 0.05) is 6.42 Å². The van der Waals surface area contributed by atoms with Crippen LogP contribution in [0.4, 0.5) is 5.69 Å². The van der Waals surface area contributed by atoms with Gasteiger partial charge in [-0.05, 0) is 36.8 Å². The lowest BCUT2D eigenvalue weighted by Crippen LogP contribution is -2.11. The van der Waals surface area contributed by atoms with E-state index in [0.29, 0.717) is 17.1 Å². The molecule has 1 aromatic heterocycles. The second-order valence-electron chi connectivity index (χ2n) is 5.36. The zero-order valence-corrected chi connectivity index (χ0v) is 13.4. The molecule has 0 saturated heterocycles. The SMILES string of the molecule is Cc1ccc(Cc2ccc(C(=O)Nc3ccccc3Cl)o2)cc1. The van der Waals surface area contributed by atoms with Crippen LogP contribution in [0.5, 0.6) is 0 Å². The first-order valence-corrected chi connectivity index (χ1v) is 7.70. The third-order valence-corrected chi connectivity index (χ3v) is 3.84. The molecular weight excluding hydrogens is 310 g/mol. The van der Waals surface area contributed by atoms with E-state index in [0.717, 1.165) is 11.3 Å². The van der Waals surface area contributed by atoms with Crippen molar-refractivity contribution in [3.63, 3.8) is 0 Å². The monoisotopic (exact) mass is 325 g/mol. The average Bonchev–Trinajstić information content (AvgIpc) is 3.00. The highest BCUT2D eigenvalue weighted by Crippen LogP contribution is 2.22. The van der Waals surface area contributed by atoms with Crippen LogP contribution < -0.4 is 5.32 Å². The largest absolute Gasteiger partial charge is 0.456 e. The Balaban J connectivity index is 1.70. The maximum atomic E-state index is 12.2. The Morgan fingerprint density at radius 1 is 1.04 bits per heavy atom. The Bertz CT molecular complexity index is 821. The van der Waals surface area contributed by atoms with Crippen molar-refractivity contribution in [1.29, 1.82) is 0 Å². The summed E-state index contributed by atoms with van der Waals surface area (Å²) in [6.07, 6.45) is 0.652. The van der Waals surface area contributed by atoms with Crippen molar-refractivity contribution in [1.82, 2.24) is 0 Å². The molecule has 0 saturated carbocycles. The molecule has 116 valence electrons. The minimum atomic E-state index is -0.312. The number of carbonyl (C=O) groups is 1. The van der Waals surface area contributed by atoms with Gasteiger partial charge in [0.05, 0.1) is 10.7 Å². The first-order chi connectivity index (χ1) is 11.1. The highest BCUT2D eigenvalue weighted by Gasteiger charge is 2.13. The van der Waals surface area contributed by atoms with Crippen LogP contribution >= 0.6 is 11.6 Å². The fourth-order valence-corrected chi connectivity index (χ4v) is 2.43. The number of halogens is 1. The number of rotatable bonds is 4. The van der Waals surface area contributed by atoms with Crippen LogP contribution in [0.3, 0.4) is 0 Å². The van der Waals surface area contributed by atoms with E-state index in [4.69, 9.17) is 16.0 Å². The van der Waals surface area contributed by atoms with Gasteiger partial charge in [0.15, 0.2) is 5.76 Å². The Morgan fingerprint density at radius 3 is 2.52 bits per heavy atom. The number of aryl methyl sites for hydroxylation is 1. The molecule has 3 aromatic rings. The standard InChI is InChI=1S/C19H16ClNO2/c1-13-6-8-14(9-7-13)12-15-10-11-18(23-15)19(22)21-17-5-3-2-4-16(17)20/h2-11H,12H2,1H3,(H,21,22). The lowest BCUT2D eigenvalue weighted by atomic mass is 10.1. The second kappa shape index (κ2) is 6.71. The quantitative estimate of drug-likeness (QED) is 0.726. The van der Waals surface area contributed by atoms with Gasteiger partial charge in [-0.2, -0.15) is 0 Å². The number of furan rings is 1. The minimum Gasteiger partial charge on any atom is -0.456 e. The molecule has 3 rings (SSSR count).